The Morgan fingerprint density at radius 2 is 2.17 bits per heavy atom. The second-order valence-electron chi connectivity index (χ2n) is 3.63. The number of nitrogens with zero attached hydrogens (tertiary/aromatic N) is 1. The lowest BCUT2D eigenvalue weighted by molar-refractivity contribution is 0.0954. The molecule has 0 saturated carbocycles. The summed E-state index contributed by atoms with van der Waals surface area (Å²) in [5, 5.41) is 3.99. The van der Waals surface area contributed by atoms with Crippen molar-refractivity contribution < 1.29 is 9.21 Å². The van der Waals surface area contributed by atoms with Crippen LogP contribution in [0.5, 0.6) is 0 Å². The van der Waals surface area contributed by atoms with Crippen molar-refractivity contribution in [3.8, 4) is 0 Å². The Labute approximate surface area is 118 Å². The van der Waals surface area contributed by atoms with E-state index in [9.17, 15) is 4.79 Å². The number of benzene rings is 1. The summed E-state index contributed by atoms with van der Waals surface area (Å²) in [7, 11) is 0. The summed E-state index contributed by atoms with van der Waals surface area (Å²) in [5.41, 5.74) is 3.71. The van der Waals surface area contributed by atoms with Gasteiger partial charge in [0.25, 0.3) is 5.91 Å². The summed E-state index contributed by atoms with van der Waals surface area (Å²) >= 11 is 2.16. The van der Waals surface area contributed by atoms with E-state index >= 15 is 0 Å². The third-order valence-corrected chi connectivity index (χ3v) is 2.96. The molecule has 1 aromatic carbocycles. The van der Waals surface area contributed by atoms with Gasteiger partial charge in [0, 0.05) is 9.13 Å². The molecule has 5 heteroatoms. The van der Waals surface area contributed by atoms with E-state index in [0.717, 1.165) is 3.57 Å². The number of furan rings is 1. The predicted octanol–water partition coefficient (Wildman–Crippen LogP) is 3.04. The van der Waals surface area contributed by atoms with Crippen molar-refractivity contribution >= 4 is 34.2 Å². The van der Waals surface area contributed by atoms with Crippen LogP contribution < -0.4 is 5.43 Å². The molecule has 0 spiro atoms. The Balaban J connectivity index is 2.07. The lowest BCUT2D eigenvalue weighted by atomic mass is 10.2. The molecule has 4 nitrogen and oxygen atoms in total. The van der Waals surface area contributed by atoms with E-state index in [1.165, 1.54) is 0 Å². The van der Waals surface area contributed by atoms with Crippen LogP contribution in [0.2, 0.25) is 0 Å². The van der Waals surface area contributed by atoms with Crippen LogP contribution in [0, 0.1) is 3.57 Å². The summed E-state index contributed by atoms with van der Waals surface area (Å²) in [6.45, 7) is 1.77. The fourth-order valence-electron chi connectivity index (χ4n) is 1.37. The van der Waals surface area contributed by atoms with Crippen LogP contribution in [0.15, 0.2) is 52.2 Å². The number of hydrogen-bond donors (Lipinski definition) is 1. The number of carbonyl (C=O) groups is 1. The zero-order valence-corrected chi connectivity index (χ0v) is 11.8. The maximum atomic E-state index is 11.8. The Morgan fingerprint density at radius 1 is 1.33 bits per heavy atom. The van der Waals surface area contributed by atoms with E-state index in [4.69, 9.17) is 4.42 Å². The molecule has 0 radical (unpaired) electrons. The van der Waals surface area contributed by atoms with E-state index in [-0.39, 0.29) is 5.91 Å². The van der Waals surface area contributed by atoms with Gasteiger partial charge in [-0.2, -0.15) is 5.10 Å². The summed E-state index contributed by atoms with van der Waals surface area (Å²) in [6, 6.07) is 10.9. The molecule has 0 unspecified atom stereocenters. The van der Waals surface area contributed by atoms with Gasteiger partial charge in [0.05, 0.1) is 6.26 Å². The SMILES string of the molecule is CC(=NNC(=O)c1cccc(I)c1)c1ccco1. The van der Waals surface area contributed by atoms with Crippen LogP contribution in [0.1, 0.15) is 23.0 Å². The molecule has 0 aliphatic rings. The summed E-state index contributed by atoms with van der Waals surface area (Å²) in [4.78, 5) is 11.8. The largest absolute Gasteiger partial charge is 0.463 e. The first-order valence-corrected chi connectivity index (χ1v) is 6.39. The average molecular weight is 354 g/mol. The van der Waals surface area contributed by atoms with Gasteiger partial charge >= 0.3 is 0 Å². The smallest absolute Gasteiger partial charge is 0.271 e. The van der Waals surface area contributed by atoms with Crippen LogP contribution >= 0.6 is 22.6 Å². The molecule has 0 aliphatic heterocycles. The van der Waals surface area contributed by atoms with Crippen molar-refractivity contribution in [1.29, 1.82) is 0 Å². The van der Waals surface area contributed by atoms with Crippen molar-refractivity contribution in [1.82, 2.24) is 5.43 Å². The molecule has 0 saturated heterocycles. The van der Waals surface area contributed by atoms with E-state index in [0.29, 0.717) is 17.0 Å². The van der Waals surface area contributed by atoms with Crippen molar-refractivity contribution in [3.05, 3.63) is 57.6 Å². The molecule has 0 bridgehead atoms. The first-order valence-electron chi connectivity index (χ1n) is 5.31. The van der Waals surface area contributed by atoms with Crippen LogP contribution in [-0.4, -0.2) is 11.6 Å². The fourth-order valence-corrected chi connectivity index (χ4v) is 1.91. The van der Waals surface area contributed by atoms with Gasteiger partial charge in [-0.25, -0.2) is 5.43 Å². The van der Waals surface area contributed by atoms with Gasteiger partial charge in [-0.3, -0.25) is 4.79 Å². The van der Waals surface area contributed by atoms with E-state index in [1.807, 2.05) is 12.1 Å². The Kier molecular flexibility index (Phi) is 4.14. The summed E-state index contributed by atoms with van der Waals surface area (Å²) in [5.74, 6) is 0.400. The highest BCUT2D eigenvalue weighted by Crippen LogP contribution is 2.07. The minimum Gasteiger partial charge on any atom is -0.463 e. The van der Waals surface area contributed by atoms with Gasteiger partial charge in [0.1, 0.15) is 11.5 Å². The normalized spacial score (nSPS) is 11.3. The molecule has 1 aromatic heterocycles. The lowest BCUT2D eigenvalue weighted by Crippen LogP contribution is -2.19. The first kappa shape index (κ1) is 12.8. The first-order chi connectivity index (χ1) is 8.66. The van der Waals surface area contributed by atoms with Crippen LogP contribution in [0.3, 0.4) is 0 Å². The topological polar surface area (TPSA) is 54.6 Å². The summed E-state index contributed by atoms with van der Waals surface area (Å²) in [6.07, 6.45) is 1.57. The highest BCUT2D eigenvalue weighted by atomic mass is 127. The molecule has 0 aliphatic carbocycles. The fraction of sp³-hybridized carbons (Fsp3) is 0.0769. The van der Waals surface area contributed by atoms with Gasteiger partial charge in [-0.05, 0) is 59.8 Å². The maximum Gasteiger partial charge on any atom is 0.271 e. The highest BCUT2D eigenvalue weighted by molar-refractivity contribution is 14.1. The second-order valence-corrected chi connectivity index (χ2v) is 4.87. The van der Waals surface area contributed by atoms with Crippen molar-refractivity contribution in [2.24, 2.45) is 5.10 Å². The number of hydrazone groups is 1. The van der Waals surface area contributed by atoms with Crippen LogP contribution in [-0.2, 0) is 0 Å². The molecular weight excluding hydrogens is 343 g/mol. The molecule has 18 heavy (non-hydrogen) atoms. The quantitative estimate of drug-likeness (QED) is 0.523. The van der Waals surface area contributed by atoms with Crippen molar-refractivity contribution in [2.45, 2.75) is 6.92 Å². The van der Waals surface area contributed by atoms with Gasteiger partial charge in [-0.1, -0.05) is 6.07 Å². The molecule has 92 valence electrons. The number of amides is 1. The van der Waals surface area contributed by atoms with Gasteiger partial charge < -0.3 is 4.42 Å². The number of rotatable bonds is 3. The second kappa shape index (κ2) is 5.81. The molecule has 2 rings (SSSR count). The van der Waals surface area contributed by atoms with Gasteiger partial charge in [0.2, 0.25) is 0 Å². The molecule has 2 aromatic rings. The third-order valence-electron chi connectivity index (χ3n) is 2.29. The average Bonchev–Trinajstić information content (AvgIpc) is 2.89. The van der Waals surface area contributed by atoms with Gasteiger partial charge in [0.15, 0.2) is 0 Å². The summed E-state index contributed by atoms with van der Waals surface area (Å²) < 4.78 is 6.18. The lowest BCUT2D eigenvalue weighted by Gasteiger charge is -2.01. The minimum absolute atomic E-state index is 0.237. The molecule has 1 heterocycles. The zero-order valence-electron chi connectivity index (χ0n) is 9.68. The van der Waals surface area contributed by atoms with E-state index < -0.39 is 0 Å². The molecule has 0 atom stereocenters. The van der Waals surface area contributed by atoms with E-state index in [1.54, 1.807) is 37.5 Å². The van der Waals surface area contributed by atoms with Crippen molar-refractivity contribution in [3.63, 3.8) is 0 Å². The molecule has 1 amide bonds. The third kappa shape index (κ3) is 3.19. The Bertz CT molecular complexity index is 576. The predicted molar refractivity (Wildman–Crippen MR) is 77.5 cm³/mol. The molecule has 1 N–H and O–H groups in total. The monoisotopic (exact) mass is 354 g/mol. The maximum absolute atomic E-state index is 11.8. The molecular formula is C13H11IN2O2. The number of carbonyl (C=O) groups excluding carboxylic acids is 1. The number of halogens is 1. The van der Waals surface area contributed by atoms with E-state index in [2.05, 4.69) is 33.1 Å². The van der Waals surface area contributed by atoms with Crippen molar-refractivity contribution in [2.75, 3.05) is 0 Å². The van der Waals surface area contributed by atoms with Gasteiger partial charge in [-0.15, -0.1) is 0 Å². The highest BCUT2D eigenvalue weighted by Gasteiger charge is 2.05. The minimum atomic E-state index is -0.237. The van der Waals surface area contributed by atoms with Crippen LogP contribution in [0.4, 0.5) is 0 Å². The van der Waals surface area contributed by atoms with Crippen LogP contribution in [0.25, 0.3) is 0 Å². The zero-order chi connectivity index (χ0) is 13.0. The number of nitrogens with one attached hydrogen (secondary N) is 1. The molecule has 0 fully saturated rings. The standard InChI is InChI=1S/C13H11IN2O2/c1-9(12-6-3-7-18-12)15-16-13(17)10-4-2-5-11(14)8-10/h2-8H,1H3,(H,16,17). The Morgan fingerprint density at radius 3 is 2.83 bits per heavy atom. The number of hydrogen-bond acceptors (Lipinski definition) is 3. The Hall–Kier alpha value is -1.63.